The number of ketones is 1. The van der Waals surface area contributed by atoms with Crippen LogP contribution in [0.3, 0.4) is 0 Å². The van der Waals surface area contributed by atoms with Crippen LogP contribution in [-0.4, -0.2) is 28.5 Å². The van der Waals surface area contributed by atoms with E-state index in [0.717, 1.165) is 11.2 Å². The topological polar surface area (TPSA) is 60.7 Å². The molecule has 0 spiro atoms. The van der Waals surface area contributed by atoms with Crippen molar-refractivity contribution in [3.05, 3.63) is 35.7 Å². The van der Waals surface area contributed by atoms with Crippen LogP contribution in [0, 0.1) is 5.92 Å². The van der Waals surface area contributed by atoms with Gasteiger partial charge in [0, 0.05) is 11.8 Å². The Morgan fingerprint density at radius 3 is 2.55 bits per heavy atom. The minimum atomic E-state index is -0.808. The van der Waals surface area contributed by atoms with Crippen molar-refractivity contribution in [1.29, 1.82) is 0 Å². The number of hydrogen-bond donors (Lipinski definition) is 0. The molecule has 2 heterocycles. The van der Waals surface area contributed by atoms with Gasteiger partial charge in [-0.15, -0.1) is 0 Å². The van der Waals surface area contributed by atoms with E-state index in [-0.39, 0.29) is 5.78 Å². The van der Waals surface area contributed by atoms with E-state index >= 15 is 0 Å². The predicted molar refractivity (Wildman–Crippen MR) is 74.8 cm³/mol. The van der Waals surface area contributed by atoms with Crippen LogP contribution in [0.5, 0.6) is 0 Å². The van der Waals surface area contributed by atoms with Gasteiger partial charge in [-0.1, -0.05) is 13.8 Å². The first-order valence-corrected chi connectivity index (χ1v) is 6.55. The molecule has 5 heteroatoms. The third-order valence-electron chi connectivity index (χ3n) is 3.30. The molecule has 0 radical (unpaired) electrons. The molecular formula is C15H18N2O3. The number of ether oxygens (including phenoxy) is 1. The first-order valence-electron chi connectivity index (χ1n) is 6.55. The summed E-state index contributed by atoms with van der Waals surface area (Å²) in [6, 6.07) is 5.53. The molecule has 2 aromatic heterocycles. The van der Waals surface area contributed by atoms with Gasteiger partial charge in [0.15, 0.2) is 5.78 Å². The molecule has 0 amide bonds. The SMILES string of the molecule is COC(=O)C(C)C(=O)c1ccc2cc(C(C)C)nn2c1. The Morgan fingerprint density at radius 2 is 1.95 bits per heavy atom. The van der Waals surface area contributed by atoms with Crippen LogP contribution in [-0.2, 0) is 9.53 Å². The molecule has 0 fully saturated rings. The molecule has 2 aromatic rings. The van der Waals surface area contributed by atoms with Crippen molar-refractivity contribution < 1.29 is 14.3 Å². The zero-order valence-corrected chi connectivity index (χ0v) is 12.1. The second kappa shape index (κ2) is 5.45. The minimum absolute atomic E-state index is 0.264. The maximum Gasteiger partial charge on any atom is 0.316 e. The van der Waals surface area contributed by atoms with E-state index in [2.05, 4.69) is 23.7 Å². The van der Waals surface area contributed by atoms with Crippen molar-refractivity contribution in [3.8, 4) is 0 Å². The maximum absolute atomic E-state index is 12.2. The van der Waals surface area contributed by atoms with E-state index in [1.54, 1.807) is 23.7 Å². The molecule has 0 aliphatic carbocycles. The monoisotopic (exact) mass is 274 g/mol. The summed E-state index contributed by atoms with van der Waals surface area (Å²) in [4.78, 5) is 23.6. The fraction of sp³-hybridized carbons (Fsp3) is 0.400. The van der Waals surface area contributed by atoms with Crippen LogP contribution in [0.15, 0.2) is 24.4 Å². The summed E-state index contributed by atoms with van der Waals surface area (Å²) >= 11 is 0. The van der Waals surface area contributed by atoms with Gasteiger partial charge in [-0.05, 0) is 31.0 Å². The van der Waals surface area contributed by atoms with Gasteiger partial charge in [0.1, 0.15) is 5.92 Å². The molecule has 0 bridgehead atoms. The Labute approximate surface area is 117 Å². The van der Waals surface area contributed by atoms with E-state index in [0.29, 0.717) is 11.5 Å². The third kappa shape index (κ3) is 2.57. The number of carbonyl (C=O) groups excluding carboxylic acids is 2. The number of pyridine rings is 1. The highest BCUT2D eigenvalue weighted by Gasteiger charge is 2.23. The van der Waals surface area contributed by atoms with E-state index in [1.165, 1.54) is 7.11 Å². The number of Topliss-reactive ketones (excluding diaryl/α,β-unsaturated/α-hetero) is 1. The first kappa shape index (κ1) is 14.2. The molecule has 0 aliphatic rings. The lowest BCUT2D eigenvalue weighted by molar-refractivity contribution is -0.143. The number of aromatic nitrogens is 2. The largest absolute Gasteiger partial charge is 0.468 e. The van der Waals surface area contributed by atoms with E-state index in [9.17, 15) is 9.59 Å². The average molecular weight is 274 g/mol. The number of nitrogens with zero attached hydrogens (tertiary/aromatic N) is 2. The lowest BCUT2D eigenvalue weighted by atomic mass is 10.0. The van der Waals surface area contributed by atoms with Crippen molar-refractivity contribution >= 4 is 17.3 Å². The van der Waals surface area contributed by atoms with Crippen LogP contribution in [0.2, 0.25) is 0 Å². The summed E-state index contributed by atoms with van der Waals surface area (Å²) in [7, 11) is 1.28. The second-order valence-corrected chi connectivity index (χ2v) is 5.12. The number of carbonyl (C=O) groups is 2. The van der Waals surface area contributed by atoms with Crippen molar-refractivity contribution in [2.45, 2.75) is 26.7 Å². The molecule has 0 aliphatic heterocycles. The maximum atomic E-state index is 12.2. The Morgan fingerprint density at radius 1 is 1.25 bits per heavy atom. The van der Waals surface area contributed by atoms with Gasteiger partial charge in [-0.2, -0.15) is 5.10 Å². The van der Waals surface area contributed by atoms with Crippen molar-refractivity contribution in [2.24, 2.45) is 5.92 Å². The molecule has 2 rings (SSSR count). The van der Waals surface area contributed by atoms with Crippen molar-refractivity contribution in [1.82, 2.24) is 9.61 Å². The second-order valence-electron chi connectivity index (χ2n) is 5.12. The Bertz CT molecular complexity index is 658. The fourth-order valence-electron chi connectivity index (χ4n) is 1.97. The summed E-state index contributed by atoms with van der Waals surface area (Å²) in [5.74, 6) is -1.28. The van der Waals surface area contributed by atoms with Crippen LogP contribution >= 0.6 is 0 Å². The number of fused-ring (bicyclic) bond motifs is 1. The van der Waals surface area contributed by atoms with E-state index < -0.39 is 11.9 Å². The van der Waals surface area contributed by atoms with Crippen LogP contribution in [0.25, 0.3) is 5.52 Å². The fourth-order valence-corrected chi connectivity index (χ4v) is 1.97. The molecule has 106 valence electrons. The molecule has 20 heavy (non-hydrogen) atoms. The van der Waals surface area contributed by atoms with Gasteiger partial charge in [0.25, 0.3) is 0 Å². The van der Waals surface area contributed by atoms with Gasteiger partial charge in [0.2, 0.25) is 0 Å². The van der Waals surface area contributed by atoms with Crippen molar-refractivity contribution in [2.75, 3.05) is 7.11 Å². The highest BCUT2D eigenvalue weighted by atomic mass is 16.5. The normalized spacial score (nSPS) is 12.7. The standard InChI is InChI=1S/C15H18N2O3/c1-9(2)13-7-12-6-5-11(8-17(12)16-13)14(18)10(3)15(19)20-4/h5-10H,1-4H3. The molecule has 0 saturated carbocycles. The van der Waals surface area contributed by atoms with Gasteiger partial charge in [-0.3, -0.25) is 9.59 Å². The zero-order valence-electron chi connectivity index (χ0n) is 12.1. The number of methoxy groups -OCH3 is 1. The lowest BCUT2D eigenvalue weighted by Gasteiger charge is -2.08. The number of esters is 1. The first-order chi connectivity index (χ1) is 9.43. The summed E-state index contributed by atoms with van der Waals surface area (Å²) in [6.07, 6.45) is 1.66. The molecule has 0 aromatic carbocycles. The van der Waals surface area contributed by atoms with Crippen LogP contribution in [0.1, 0.15) is 42.7 Å². The van der Waals surface area contributed by atoms with Gasteiger partial charge in [-0.25, -0.2) is 4.52 Å². The van der Waals surface area contributed by atoms with Crippen molar-refractivity contribution in [3.63, 3.8) is 0 Å². The number of hydrogen-bond acceptors (Lipinski definition) is 4. The summed E-state index contributed by atoms with van der Waals surface area (Å²) < 4.78 is 6.27. The summed E-state index contributed by atoms with van der Waals surface area (Å²) in [6.45, 7) is 5.67. The van der Waals surface area contributed by atoms with Gasteiger partial charge < -0.3 is 4.74 Å². The molecule has 1 atom stereocenters. The quantitative estimate of drug-likeness (QED) is 0.488. The van der Waals surface area contributed by atoms with Gasteiger partial charge in [0.05, 0.1) is 18.3 Å². The summed E-state index contributed by atoms with van der Waals surface area (Å²) in [5.41, 5.74) is 2.35. The van der Waals surface area contributed by atoms with E-state index in [4.69, 9.17) is 0 Å². The predicted octanol–water partition coefficient (Wildman–Crippen LogP) is 2.45. The minimum Gasteiger partial charge on any atom is -0.468 e. The highest BCUT2D eigenvalue weighted by molar-refractivity contribution is 6.08. The highest BCUT2D eigenvalue weighted by Crippen LogP contribution is 2.17. The number of rotatable bonds is 4. The molecule has 0 saturated heterocycles. The molecule has 0 N–H and O–H groups in total. The molecule has 5 nitrogen and oxygen atoms in total. The average Bonchev–Trinajstić information content (AvgIpc) is 2.87. The summed E-state index contributed by atoms with van der Waals surface area (Å²) in [5, 5.41) is 4.43. The molecule has 1 unspecified atom stereocenters. The van der Waals surface area contributed by atoms with E-state index in [1.807, 2.05) is 12.1 Å². The van der Waals surface area contributed by atoms with Gasteiger partial charge >= 0.3 is 5.97 Å². The Hall–Kier alpha value is -2.17. The van der Waals surface area contributed by atoms with Crippen LogP contribution in [0.4, 0.5) is 0 Å². The smallest absolute Gasteiger partial charge is 0.316 e. The Balaban J connectivity index is 2.36. The zero-order chi connectivity index (χ0) is 14.9. The Kier molecular flexibility index (Phi) is 3.88. The lowest BCUT2D eigenvalue weighted by Crippen LogP contribution is -2.22. The third-order valence-corrected chi connectivity index (χ3v) is 3.30. The van der Waals surface area contributed by atoms with Crippen LogP contribution < -0.4 is 0 Å². The molecular weight excluding hydrogens is 256 g/mol.